The van der Waals surface area contributed by atoms with Gasteiger partial charge in [0, 0.05) is 10.9 Å². The summed E-state index contributed by atoms with van der Waals surface area (Å²) in [5.74, 6) is 0.565. The molecular weight excluding hydrogens is 270 g/mol. The van der Waals surface area contributed by atoms with Gasteiger partial charge in [0.2, 0.25) is 0 Å². The highest BCUT2D eigenvalue weighted by molar-refractivity contribution is 9.11. The minimum Gasteiger partial charge on any atom is -0.323 e. The summed E-state index contributed by atoms with van der Waals surface area (Å²) in [7, 11) is 0. The van der Waals surface area contributed by atoms with Crippen molar-refractivity contribution in [2.75, 3.05) is 0 Å². The Hall–Kier alpha value is 0.430. The van der Waals surface area contributed by atoms with Gasteiger partial charge in [0.1, 0.15) is 0 Å². The maximum atomic E-state index is 6.05. The molecule has 1 aromatic rings. The zero-order valence-electron chi connectivity index (χ0n) is 7.79. The van der Waals surface area contributed by atoms with E-state index in [1.54, 1.807) is 11.3 Å². The average Bonchev–Trinajstić information content (AvgIpc) is 2.49. The van der Waals surface area contributed by atoms with Crippen molar-refractivity contribution in [3.8, 4) is 0 Å². The molecule has 13 heavy (non-hydrogen) atoms. The fourth-order valence-corrected chi connectivity index (χ4v) is 2.60. The Morgan fingerprint density at radius 1 is 1.54 bits per heavy atom. The zero-order chi connectivity index (χ0) is 9.14. The standard InChI is InChI=1S/C9H14BrNS.ClH/c1-3-6(2)9(11)7-4-5-8(10)12-7;/h4-6,9H,3,11H2,1-2H3;1H/t6?,9-;/m0./s1. The molecule has 0 aliphatic rings. The van der Waals surface area contributed by atoms with Gasteiger partial charge in [0.25, 0.3) is 0 Å². The molecule has 0 aliphatic heterocycles. The lowest BCUT2D eigenvalue weighted by Crippen LogP contribution is -2.16. The van der Waals surface area contributed by atoms with Crippen molar-refractivity contribution in [2.24, 2.45) is 11.7 Å². The summed E-state index contributed by atoms with van der Waals surface area (Å²) in [6, 6.07) is 4.36. The summed E-state index contributed by atoms with van der Waals surface area (Å²) in [5.41, 5.74) is 6.05. The van der Waals surface area contributed by atoms with E-state index >= 15 is 0 Å². The average molecular weight is 285 g/mol. The third kappa shape index (κ3) is 3.58. The van der Waals surface area contributed by atoms with Crippen molar-refractivity contribution in [3.63, 3.8) is 0 Å². The first-order chi connectivity index (χ1) is 5.65. The van der Waals surface area contributed by atoms with Crippen molar-refractivity contribution >= 4 is 39.7 Å². The summed E-state index contributed by atoms with van der Waals surface area (Å²) in [4.78, 5) is 1.27. The highest BCUT2D eigenvalue weighted by Crippen LogP contribution is 2.30. The van der Waals surface area contributed by atoms with E-state index < -0.39 is 0 Å². The Morgan fingerprint density at radius 2 is 2.15 bits per heavy atom. The van der Waals surface area contributed by atoms with Crippen LogP contribution in [-0.2, 0) is 0 Å². The molecule has 1 aromatic heterocycles. The van der Waals surface area contributed by atoms with Gasteiger partial charge < -0.3 is 5.73 Å². The van der Waals surface area contributed by atoms with Gasteiger partial charge in [-0.1, -0.05) is 20.3 Å². The van der Waals surface area contributed by atoms with E-state index in [0.717, 1.165) is 10.2 Å². The molecule has 0 spiro atoms. The molecule has 1 heterocycles. The first kappa shape index (κ1) is 13.4. The second kappa shape index (κ2) is 6.02. The fraction of sp³-hybridized carbons (Fsp3) is 0.556. The van der Waals surface area contributed by atoms with Crippen molar-refractivity contribution in [2.45, 2.75) is 26.3 Å². The minimum absolute atomic E-state index is 0. The Morgan fingerprint density at radius 3 is 2.54 bits per heavy atom. The first-order valence-electron chi connectivity index (χ1n) is 4.16. The van der Waals surface area contributed by atoms with Crippen molar-refractivity contribution in [3.05, 3.63) is 20.8 Å². The second-order valence-corrected chi connectivity index (χ2v) is 5.55. The highest BCUT2D eigenvalue weighted by Gasteiger charge is 2.14. The summed E-state index contributed by atoms with van der Waals surface area (Å²) < 4.78 is 1.16. The van der Waals surface area contributed by atoms with Crippen LogP contribution >= 0.6 is 39.7 Å². The SMILES string of the molecule is CCC(C)[C@H](N)c1ccc(Br)s1.Cl. The fourth-order valence-electron chi connectivity index (χ4n) is 1.04. The first-order valence-corrected chi connectivity index (χ1v) is 5.77. The van der Waals surface area contributed by atoms with Gasteiger partial charge in [-0.25, -0.2) is 0 Å². The van der Waals surface area contributed by atoms with Gasteiger partial charge in [0.15, 0.2) is 0 Å². The van der Waals surface area contributed by atoms with Crippen molar-refractivity contribution < 1.29 is 0 Å². The number of hydrogen-bond acceptors (Lipinski definition) is 2. The van der Waals surface area contributed by atoms with Crippen LogP contribution in [0.25, 0.3) is 0 Å². The number of nitrogens with two attached hydrogens (primary N) is 1. The molecule has 1 rings (SSSR count). The van der Waals surface area contributed by atoms with Crippen LogP contribution in [0.3, 0.4) is 0 Å². The second-order valence-electron chi connectivity index (χ2n) is 3.05. The maximum absolute atomic E-state index is 6.05. The molecule has 0 amide bonds. The maximum Gasteiger partial charge on any atom is 0.0701 e. The molecule has 4 heteroatoms. The van der Waals surface area contributed by atoms with E-state index in [-0.39, 0.29) is 18.4 Å². The largest absolute Gasteiger partial charge is 0.323 e. The lowest BCUT2D eigenvalue weighted by molar-refractivity contribution is 0.462. The lowest BCUT2D eigenvalue weighted by Gasteiger charge is -2.16. The van der Waals surface area contributed by atoms with Crippen LogP contribution in [0.1, 0.15) is 31.2 Å². The summed E-state index contributed by atoms with van der Waals surface area (Å²) in [5, 5.41) is 0. The summed E-state index contributed by atoms with van der Waals surface area (Å²) >= 11 is 5.17. The van der Waals surface area contributed by atoms with E-state index in [9.17, 15) is 0 Å². The molecule has 0 aliphatic carbocycles. The van der Waals surface area contributed by atoms with Gasteiger partial charge in [-0.2, -0.15) is 0 Å². The van der Waals surface area contributed by atoms with Gasteiger partial charge in [-0.15, -0.1) is 23.7 Å². The Balaban J connectivity index is 0.00000144. The molecule has 0 bridgehead atoms. The predicted molar refractivity (Wildman–Crippen MR) is 65.7 cm³/mol. The van der Waals surface area contributed by atoms with Crippen LogP contribution in [-0.4, -0.2) is 0 Å². The van der Waals surface area contributed by atoms with E-state index in [1.165, 1.54) is 4.88 Å². The monoisotopic (exact) mass is 283 g/mol. The highest BCUT2D eigenvalue weighted by atomic mass is 79.9. The van der Waals surface area contributed by atoms with Gasteiger partial charge >= 0.3 is 0 Å². The van der Waals surface area contributed by atoms with E-state index in [2.05, 4.69) is 41.9 Å². The quantitative estimate of drug-likeness (QED) is 0.893. The van der Waals surface area contributed by atoms with Gasteiger partial charge in [-0.3, -0.25) is 0 Å². The van der Waals surface area contributed by atoms with E-state index in [1.807, 2.05) is 0 Å². The molecule has 1 unspecified atom stereocenters. The number of thiophene rings is 1. The van der Waals surface area contributed by atoms with Crippen LogP contribution in [0.2, 0.25) is 0 Å². The number of hydrogen-bond donors (Lipinski definition) is 1. The summed E-state index contributed by atoms with van der Waals surface area (Å²) in [6.45, 7) is 4.37. The predicted octanol–water partition coefficient (Wildman–Crippen LogP) is 3.98. The van der Waals surface area contributed by atoms with Crippen molar-refractivity contribution in [1.82, 2.24) is 0 Å². The molecule has 2 N–H and O–H groups in total. The molecule has 1 nitrogen and oxygen atoms in total. The molecule has 0 saturated heterocycles. The molecule has 76 valence electrons. The van der Waals surface area contributed by atoms with Gasteiger partial charge in [0.05, 0.1) is 3.79 Å². The topological polar surface area (TPSA) is 26.0 Å². The molecule has 0 saturated carbocycles. The van der Waals surface area contributed by atoms with Crippen LogP contribution in [0.15, 0.2) is 15.9 Å². The molecule has 0 aromatic carbocycles. The van der Waals surface area contributed by atoms with Crippen LogP contribution in [0.4, 0.5) is 0 Å². The van der Waals surface area contributed by atoms with Crippen LogP contribution in [0.5, 0.6) is 0 Å². The van der Waals surface area contributed by atoms with E-state index in [0.29, 0.717) is 5.92 Å². The normalized spacial score (nSPS) is 14.8. The molecule has 2 atom stereocenters. The third-order valence-electron chi connectivity index (χ3n) is 2.18. The third-order valence-corrected chi connectivity index (χ3v) is 3.90. The van der Waals surface area contributed by atoms with Crippen LogP contribution < -0.4 is 5.73 Å². The Bertz CT molecular complexity index is 252. The zero-order valence-corrected chi connectivity index (χ0v) is 11.0. The lowest BCUT2D eigenvalue weighted by atomic mass is 9.99. The minimum atomic E-state index is 0. The summed E-state index contributed by atoms with van der Waals surface area (Å²) in [6.07, 6.45) is 1.14. The molecule has 0 radical (unpaired) electrons. The molecular formula is C9H15BrClNS. The van der Waals surface area contributed by atoms with E-state index in [4.69, 9.17) is 5.73 Å². The van der Waals surface area contributed by atoms with Crippen molar-refractivity contribution in [1.29, 1.82) is 0 Å². The number of rotatable bonds is 3. The van der Waals surface area contributed by atoms with Gasteiger partial charge in [-0.05, 0) is 34.0 Å². The Kier molecular flexibility index (Phi) is 6.21. The molecule has 0 fully saturated rings. The smallest absolute Gasteiger partial charge is 0.0701 e. The number of halogens is 2. The Labute approximate surface area is 98.3 Å². The van der Waals surface area contributed by atoms with Crippen LogP contribution in [0, 0.1) is 5.92 Å².